The molecule has 1 aromatic heterocycles. The molecular formula is C16H12Cl2N2O. The van der Waals surface area contributed by atoms with Crippen molar-refractivity contribution < 1.29 is 4.74 Å². The third-order valence-electron chi connectivity index (χ3n) is 3.10. The van der Waals surface area contributed by atoms with E-state index in [-0.39, 0.29) is 0 Å². The Kier molecular flexibility index (Phi) is 3.62. The molecule has 2 N–H and O–H groups in total. The highest BCUT2D eigenvalue weighted by Crippen LogP contribution is 2.36. The fraction of sp³-hybridized carbons (Fsp3) is 0.0625. The Labute approximate surface area is 132 Å². The molecule has 3 aromatic rings. The number of hydrogen-bond acceptors (Lipinski definition) is 3. The van der Waals surface area contributed by atoms with Gasteiger partial charge in [0.2, 0.25) is 0 Å². The quantitative estimate of drug-likeness (QED) is 0.658. The van der Waals surface area contributed by atoms with Gasteiger partial charge in [-0.1, -0.05) is 41.4 Å². The Hall–Kier alpha value is -1.97. The molecule has 0 spiro atoms. The van der Waals surface area contributed by atoms with Gasteiger partial charge in [0.15, 0.2) is 11.5 Å². The van der Waals surface area contributed by atoms with Crippen molar-refractivity contribution in [2.75, 3.05) is 5.73 Å². The van der Waals surface area contributed by atoms with E-state index >= 15 is 0 Å². The molecule has 106 valence electrons. The molecule has 0 fully saturated rings. The van der Waals surface area contributed by atoms with Crippen LogP contribution >= 0.6 is 23.2 Å². The number of nitrogen functional groups attached to an aromatic ring is 1. The number of fused-ring (bicyclic) bond motifs is 1. The van der Waals surface area contributed by atoms with Crippen molar-refractivity contribution in [3.05, 3.63) is 58.2 Å². The first-order valence-electron chi connectivity index (χ1n) is 6.33. The maximum atomic E-state index is 6.01. The van der Waals surface area contributed by atoms with Crippen LogP contribution in [0.2, 0.25) is 10.0 Å². The molecule has 0 saturated carbocycles. The first-order chi connectivity index (χ1) is 10.0. The summed E-state index contributed by atoms with van der Waals surface area (Å²) in [5, 5.41) is 1.79. The highest BCUT2D eigenvalue weighted by Gasteiger charge is 2.10. The lowest BCUT2D eigenvalue weighted by Gasteiger charge is -2.11. The summed E-state index contributed by atoms with van der Waals surface area (Å²) in [6.07, 6.45) is 0. The normalized spacial score (nSPS) is 10.8. The first-order valence-corrected chi connectivity index (χ1v) is 7.09. The Bertz CT molecular complexity index is 834. The van der Waals surface area contributed by atoms with Crippen LogP contribution in [0.5, 0.6) is 11.5 Å². The van der Waals surface area contributed by atoms with Crippen LogP contribution in [-0.4, -0.2) is 4.98 Å². The molecule has 0 aliphatic heterocycles. The number of para-hydroxylation sites is 1. The Morgan fingerprint density at radius 3 is 2.57 bits per heavy atom. The number of rotatable bonds is 2. The first kappa shape index (κ1) is 14.0. The maximum absolute atomic E-state index is 6.01. The number of nitrogens with two attached hydrogens (primary N) is 1. The van der Waals surface area contributed by atoms with Gasteiger partial charge in [-0.25, -0.2) is 4.98 Å². The van der Waals surface area contributed by atoms with Crippen molar-refractivity contribution in [1.82, 2.24) is 4.98 Å². The molecular weight excluding hydrogens is 307 g/mol. The highest BCUT2D eigenvalue weighted by atomic mass is 35.5. The van der Waals surface area contributed by atoms with Crippen molar-refractivity contribution in [1.29, 1.82) is 0 Å². The number of pyridine rings is 1. The predicted molar refractivity (Wildman–Crippen MR) is 87.4 cm³/mol. The van der Waals surface area contributed by atoms with Crippen LogP contribution in [0.4, 0.5) is 5.69 Å². The van der Waals surface area contributed by atoms with Gasteiger partial charge in [-0.05, 0) is 25.1 Å². The van der Waals surface area contributed by atoms with Gasteiger partial charge in [0.05, 0.1) is 15.7 Å². The summed E-state index contributed by atoms with van der Waals surface area (Å²) in [6, 6.07) is 12.9. The van der Waals surface area contributed by atoms with Gasteiger partial charge >= 0.3 is 0 Å². The van der Waals surface area contributed by atoms with E-state index in [0.29, 0.717) is 27.2 Å². The SMILES string of the molecule is Cc1ccc2cccc(Oc3cc(Cl)c(Cl)cc3N)c2n1. The molecule has 0 saturated heterocycles. The number of aryl methyl sites for hydroxylation is 1. The van der Waals surface area contributed by atoms with E-state index < -0.39 is 0 Å². The molecule has 0 unspecified atom stereocenters. The van der Waals surface area contributed by atoms with E-state index in [1.165, 1.54) is 0 Å². The van der Waals surface area contributed by atoms with E-state index in [0.717, 1.165) is 16.6 Å². The van der Waals surface area contributed by atoms with E-state index in [1.807, 2.05) is 37.3 Å². The summed E-state index contributed by atoms with van der Waals surface area (Å²) in [7, 11) is 0. The summed E-state index contributed by atoms with van der Waals surface area (Å²) < 4.78 is 5.88. The Morgan fingerprint density at radius 1 is 1.00 bits per heavy atom. The number of halogens is 2. The zero-order valence-corrected chi connectivity index (χ0v) is 12.7. The van der Waals surface area contributed by atoms with Crippen molar-refractivity contribution in [2.24, 2.45) is 0 Å². The molecule has 0 aliphatic carbocycles. The molecule has 5 heteroatoms. The minimum Gasteiger partial charge on any atom is -0.453 e. The van der Waals surface area contributed by atoms with E-state index in [1.54, 1.807) is 12.1 Å². The molecule has 0 aliphatic rings. The average molecular weight is 319 g/mol. The van der Waals surface area contributed by atoms with Crippen LogP contribution in [0, 0.1) is 6.92 Å². The van der Waals surface area contributed by atoms with E-state index in [4.69, 9.17) is 33.7 Å². The van der Waals surface area contributed by atoms with Gasteiger partial charge in [0.1, 0.15) is 5.52 Å². The number of hydrogen-bond donors (Lipinski definition) is 1. The second-order valence-corrected chi connectivity index (χ2v) is 5.50. The van der Waals surface area contributed by atoms with Gasteiger partial charge in [0.25, 0.3) is 0 Å². The molecule has 0 bridgehead atoms. The minimum absolute atomic E-state index is 0.394. The van der Waals surface area contributed by atoms with E-state index in [9.17, 15) is 0 Å². The number of nitrogens with zero attached hydrogens (tertiary/aromatic N) is 1. The highest BCUT2D eigenvalue weighted by molar-refractivity contribution is 6.42. The van der Waals surface area contributed by atoms with Crippen LogP contribution < -0.4 is 10.5 Å². The minimum atomic E-state index is 0.394. The van der Waals surface area contributed by atoms with Crippen molar-refractivity contribution in [3.63, 3.8) is 0 Å². The number of benzene rings is 2. The fourth-order valence-corrected chi connectivity index (χ4v) is 2.38. The Balaban J connectivity index is 2.10. The van der Waals surface area contributed by atoms with Gasteiger partial charge in [0, 0.05) is 17.1 Å². The van der Waals surface area contributed by atoms with Crippen molar-refractivity contribution in [3.8, 4) is 11.5 Å². The average Bonchev–Trinajstić information content (AvgIpc) is 2.45. The van der Waals surface area contributed by atoms with Crippen molar-refractivity contribution in [2.45, 2.75) is 6.92 Å². The third kappa shape index (κ3) is 2.75. The van der Waals surface area contributed by atoms with Gasteiger partial charge in [-0.15, -0.1) is 0 Å². The largest absolute Gasteiger partial charge is 0.453 e. The molecule has 1 heterocycles. The lowest BCUT2D eigenvalue weighted by Crippen LogP contribution is -1.94. The zero-order chi connectivity index (χ0) is 15.0. The smallest absolute Gasteiger partial charge is 0.153 e. The molecule has 3 nitrogen and oxygen atoms in total. The molecule has 2 aromatic carbocycles. The summed E-state index contributed by atoms with van der Waals surface area (Å²) in [5.74, 6) is 1.08. The van der Waals surface area contributed by atoms with Crippen molar-refractivity contribution >= 4 is 39.8 Å². The molecule has 3 rings (SSSR count). The van der Waals surface area contributed by atoms with E-state index in [2.05, 4.69) is 4.98 Å². The van der Waals surface area contributed by atoms with Gasteiger partial charge < -0.3 is 10.5 Å². The van der Waals surface area contributed by atoms with Gasteiger partial charge in [-0.2, -0.15) is 0 Å². The van der Waals surface area contributed by atoms with Crippen LogP contribution in [0.25, 0.3) is 10.9 Å². The summed E-state index contributed by atoms with van der Waals surface area (Å²) in [4.78, 5) is 4.52. The standard InChI is InChI=1S/C16H12Cl2N2O/c1-9-5-6-10-3-2-4-14(16(10)20-9)21-15-8-12(18)11(17)7-13(15)19/h2-8H,19H2,1H3. The van der Waals surface area contributed by atoms with Crippen LogP contribution in [-0.2, 0) is 0 Å². The molecule has 0 radical (unpaired) electrons. The predicted octanol–water partition coefficient (Wildman–Crippen LogP) is 5.22. The Morgan fingerprint density at radius 2 is 1.76 bits per heavy atom. The van der Waals surface area contributed by atoms with Crippen LogP contribution in [0.1, 0.15) is 5.69 Å². The molecule has 0 amide bonds. The second-order valence-electron chi connectivity index (χ2n) is 4.69. The molecule has 0 atom stereocenters. The summed E-state index contributed by atoms with van der Waals surface area (Å²) in [6.45, 7) is 1.93. The third-order valence-corrected chi connectivity index (χ3v) is 3.82. The lowest BCUT2D eigenvalue weighted by atomic mass is 10.2. The zero-order valence-electron chi connectivity index (χ0n) is 11.2. The fourth-order valence-electron chi connectivity index (χ4n) is 2.05. The van der Waals surface area contributed by atoms with Gasteiger partial charge in [-0.3, -0.25) is 0 Å². The summed E-state index contributed by atoms with van der Waals surface area (Å²) in [5.41, 5.74) is 8.05. The summed E-state index contributed by atoms with van der Waals surface area (Å²) >= 11 is 11.9. The number of aromatic nitrogens is 1. The monoisotopic (exact) mass is 318 g/mol. The second kappa shape index (κ2) is 5.43. The lowest BCUT2D eigenvalue weighted by molar-refractivity contribution is 0.489. The van der Waals surface area contributed by atoms with Crippen LogP contribution in [0.15, 0.2) is 42.5 Å². The number of ether oxygens (including phenoxy) is 1. The maximum Gasteiger partial charge on any atom is 0.153 e. The topological polar surface area (TPSA) is 48.1 Å². The van der Waals surface area contributed by atoms with Crippen LogP contribution in [0.3, 0.4) is 0 Å². The number of anilines is 1. The molecule has 21 heavy (non-hydrogen) atoms.